The fourth-order valence-electron chi connectivity index (χ4n) is 4.55. The summed E-state index contributed by atoms with van der Waals surface area (Å²) in [6.45, 7) is 3.89. The van der Waals surface area contributed by atoms with Crippen LogP contribution in [0.5, 0.6) is 5.75 Å². The largest absolute Gasteiger partial charge is 0.487 e. The van der Waals surface area contributed by atoms with Gasteiger partial charge in [0.2, 0.25) is 0 Å². The highest BCUT2D eigenvalue weighted by Crippen LogP contribution is 2.35. The molecule has 0 bridgehead atoms. The molecule has 0 saturated heterocycles. The third-order valence-corrected chi connectivity index (χ3v) is 9.73. The van der Waals surface area contributed by atoms with Crippen LogP contribution in [0.1, 0.15) is 36.6 Å². The highest BCUT2D eigenvalue weighted by atomic mass is 127. The molecule has 216 valence electrons. The molecule has 0 fully saturated rings. The van der Waals surface area contributed by atoms with Crippen LogP contribution < -0.4 is 19.6 Å². The summed E-state index contributed by atoms with van der Waals surface area (Å²) in [5.41, 5.74) is 2.56. The Bertz CT molecular complexity index is 1940. The monoisotopic (exact) mass is 816 g/mol. The zero-order valence-corrected chi connectivity index (χ0v) is 28.9. The zero-order valence-electron chi connectivity index (χ0n) is 22.1. The summed E-state index contributed by atoms with van der Waals surface area (Å²) in [7, 11) is 0. The molecule has 1 atom stereocenters. The Kier molecular flexibility index (Phi) is 9.86. The Labute approximate surface area is 282 Å². The average molecular weight is 819 g/mol. The second kappa shape index (κ2) is 13.2. The first-order chi connectivity index (χ1) is 20.1. The van der Waals surface area contributed by atoms with Gasteiger partial charge in [-0.3, -0.25) is 9.36 Å². The summed E-state index contributed by atoms with van der Waals surface area (Å²) < 4.78 is 15.2. The Morgan fingerprint density at radius 3 is 2.60 bits per heavy atom. The molecule has 4 aromatic rings. The molecule has 3 aromatic carbocycles. The lowest BCUT2D eigenvalue weighted by Gasteiger charge is -2.25. The van der Waals surface area contributed by atoms with Gasteiger partial charge in [0.05, 0.1) is 36.0 Å². The number of ether oxygens (including phenoxy) is 2. The van der Waals surface area contributed by atoms with Gasteiger partial charge in [0.15, 0.2) is 4.80 Å². The second-order valence-electron chi connectivity index (χ2n) is 9.17. The van der Waals surface area contributed by atoms with Gasteiger partial charge in [-0.05, 0) is 84.0 Å². The molecule has 0 saturated carbocycles. The Morgan fingerprint density at radius 1 is 1.12 bits per heavy atom. The maximum Gasteiger partial charge on any atom is 0.338 e. The molecule has 5 rings (SSSR count). The number of aromatic nitrogens is 1. The molecule has 0 N–H and O–H groups in total. The van der Waals surface area contributed by atoms with Gasteiger partial charge >= 0.3 is 5.97 Å². The van der Waals surface area contributed by atoms with Crippen molar-refractivity contribution in [3.05, 3.63) is 125 Å². The minimum absolute atomic E-state index is 0.182. The van der Waals surface area contributed by atoms with E-state index in [2.05, 4.69) is 43.5 Å². The quantitative estimate of drug-likeness (QED) is 0.142. The molecule has 1 aliphatic heterocycles. The van der Waals surface area contributed by atoms with E-state index in [9.17, 15) is 9.59 Å². The molecule has 0 spiro atoms. The van der Waals surface area contributed by atoms with E-state index in [0.29, 0.717) is 47.0 Å². The number of halogens is 5. The van der Waals surface area contributed by atoms with Crippen LogP contribution in [0.3, 0.4) is 0 Å². The number of rotatable bonds is 7. The number of fused-ring (bicyclic) bond motifs is 1. The zero-order chi connectivity index (χ0) is 30.1. The summed E-state index contributed by atoms with van der Waals surface area (Å²) in [5.74, 6) is 0.0548. The molecular formula is C30H21BrCl3IN2O4S. The van der Waals surface area contributed by atoms with Crippen LogP contribution in [0.2, 0.25) is 15.1 Å². The van der Waals surface area contributed by atoms with E-state index in [1.54, 1.807) is 50.3 Å². The van der Waals surface area contributed by atoms with Crippen molar-refractivity contribution in [1.29, 1.82) is 0 Å². The molecule has 0 unspecified atom stereocenters. The number of esters is 1. The van der Waals surface area contributed by atoms with Crippen LogP contribution in [0.4, 0.5) is 0 Å². The number of thiazole rings is 1. The van der Waals surface area contributed by atoms with Gasteiger partial charge < -0.3 is 9.47 Å². The van der Waals surface area contributed by atoms with Crippen LogP contribution in [-0.2, 0) is 16.1 Å². The Morgan fingerprint density at radius 2 is 1.88 bits per heavy atom. The highest BCUT2D eigenvalue weighted by molar-refractivity contribution is 14.1. The summed E-state index contributed by atoms with van der Waals surface area (Å²) >= 11 is 25.8. The van der Waals surface area contributed by atoms with Gasteiger partial charge in [-0.25, -0.2) is 9.79 Å². The van der Waals surface area contributed by atoms with E-state index in [0.717, 1.165) is 13.6 Å². The Hall–Kier alpha value is -2.15. The van der Waals surface area contributed by atoms with Crippen LogP contribution in [-0.4, -0.2) is 17.1 Å². The summed E-state index contributed by atoms with van der Waals surface area (Å²) in [6, 6.07) is 15.5. The first-order valence-corrected chi connectivity index (χ1v) is 16.4. The fourth-order valence-corrected chi connectivity index (χ4v) is 7.85. The lowest BCUT2D eigenvalue weighted by Crippen LogP contribution is -2.40. The van der Waals surface area contributed by atoms with Gasteiger partial charge in [0, 0.05) is 15.1 Å². The lowest BCUT2D eigenvalue weighted by molar-refractivity contribution is -0.139. The van der Waals surface area contributed by atoms with Crippen molar-refractivity contribution in [2.24, 2.45) is 4.99 Å². The van der Waals surface area contributed by atoms with E-state index in [1.165, 1.54) is 15.9 Å². The standard InChI is InChI=1S/C30H21BrCl3IN2O4S/c1-3-40-29(39)25-15(2)36-30-37(26(25)19-6-4-5-7-20(19)32)28(38)24(42-30)12-17-11-18(31)13-23(35)27(17)41-14-16-8-9-21(33)22(34)10-16/h4-13,26H,3,14H2,1-2H3/b24-12-/t26-/m0/s1. The third-order valence-electron chi connectivity index (χ3n) is 6.41. The third kappa shape index (κ3) is 6.37. The molecule has 42 heavy (non-hydrogen) atoms. The summed E-state index contributed by atoms with van der Waals surface area (Å²) in [4.78, 5) is 32.3. The van der Waals surface area contributed by atoms with Crippen molar-refractivity contribution >= 4 is 96.7 Å². The molecule has 1 aliphatic rings. The van der Waals surface area contributed by atoms with Crippen molar-refractivity contribution in [2.45, 2.75) is 26.5 Å². The van der Waals surface area contributed by atoms with Gasteiger partial charge in [-0.15, -0.1) is 0 Å². The molecule has 6 nitrogen and oxygen atoms in total. The predicted octanol–water partition coefficient (Wildman–Crippen LogP) is 7.70. The summed E-state index contributed by atoms with van der Waals surface area (Å²) in [6.07, 6.45) is 1.77. The number of hydrogen-bond donors (Lipinski definition) is 0. The second-order valence-corrected chi connectivity index (χ2v) is 13.5. The van der Waals surface area contributed by atoms with Gasteiger partial charge in [0.1, 0.15) is 18.4 Å². The minimum Gasteiger partial charge on any atom is -0.487 e. The first-order valence-electron chi connectivity index (χ1n) is 12.6. The predicted molar refractivity (Wildman–Crippen MR) is 180 cm³/mol. The van der Waals surface area contributed by atoms with Crippen molar-refractivity contribution in [3.8, 4) is 5.75 Å². The maximum absolute atomic E-state index is 14.1. The number of carbonyl (C=O) groups excluding carboxylic acids is 1. The van der Waals surface area contributed by atoms with Crippen molar-refractivity contribution in [1.82, 2.24) is 4.57 Å². The number of benzene rings is 3. The molecular weight excluding hydrogens is 798 g/mol. The maximum atomic E-state index is 14.1. The smallest absolute Gasteiger partial charge is 0.338 e. The minimum atomic E-state index is -0.802. The van der Waals surface area contributed by atoms with E-state index < -0.39 is 12.0 Å². The summed E-state index contributed by atoms with van der Waals surface area (Å²) in [5, 5.41) is 1.33. The SMILES string of the molecule is CCOC(=O)C1=C(C)N=c2s/c(=C\c3cc(Br)cc(I)c3OCc3ccc(Cl)c(Cl)c3)c(=O)n2[C@H]1c1ccccc1Cl. The van der Waals surface area contributed by atoms with Crippen LogP contribution in [0.25, 0.3) is 6.08 Å². The highest BCUT2D eigenvalue weighted by Gasteiger charge is 2.34. The van der Waals surface area contributed by atoms with E-state index >= 15 is 0 Å². The lowest BCUT2D eigenvalue weighted by atomic mass is 9.96. The van der Waals surface area contributed by atoms with Crippen molar-refractivity contribution in [3.63, 3.8) is 0 Å². The average Bonchev–Trinajstić information content (AvgIpc) is 3.23. The van der Waals surface area contributed by atoms with Crippen LogP contribution in [0, 0.1) is 3.57 Å². The molecule has 0 amide bonds. The van der Waals surface area contributed by atoms with Gasteiger partial charge in [-0.2, -0.15) is 0 Å². The fraction of sp³-hybridized carbons (Fsp3) is 0.167. The Balaban J connectivity index is 1.65. The molecule has 12 heteroatoms. The number of carbonyl (C=O) groups is 1. The molecule has 0 aliphatic carbocycles. The van der Waals surface area contributed by atoms with E-state index in [1.807, 2.05) is 24.3 Å². The van der Waals surface area contributed by atoms with Gasteiger partial charge in [0.25, 0.3) is 5.56 Å². The van der Waals surface area contributed by atoms with Crippen LogP contribution in [0.15, 0.2) is 80.1 Å². The van der Waals surface area contributed by atoms with E-state index in [-0.39, 0.29) is 24.3 Å². The molecule has 2 heterocycles. The number of nitrogens with zero attached hydrogens (tertiary/aromatic N) is 2. The van der Waals surface area contributed by atoms with Crippen LogP contribution >= 0.6 is 84.7 Å². The normalized spacial score (nSPS) is 14.9. The number of hydrogen-bond acceptors (Lipinski definition) is 6. The first kappa shape index (κ1) is 31.3. The molecule has 0 radical (unpaired) electrons. The van der Waals surface area contributed by atoms with Crippen molar-refractivity contribution < 1.29 is 14.3 Å². The van der Waals surface area contributed by atoms with Crippen molar-refractivity contribution in [2.75, 3.05) is 6.61 Å². The topological polar surface area (TPSA) is 69.9 Å². The van der Waals surface area contributed by atoms with E-state index in [4.69, 9.17) is 44.3 Å². The van der Waals surface area contributed by atoms with Gasteiger partial charge in [-0.1, -0.05) is 86.3 Å². The number of allylic oxidation sites excluding steroid dienone is 1. The molecule has 1 aromatic heterocycles.